The van der Waals surface area contributed by atoms with E-state index in [1.54, 1.807) is 0 Å². The second-order valence-corrected chi connectivity index (χ2v) is 5.92. The van der Waals surface area contributed by atoms with Crippen LogP contribution < -0.4 is 0 Å². The molecule has 3 fully saturated rings. The molecule has 2 aromatic rings. The second kappa shape index (κ2) is 4.32. The van der Waals surface area contributed by atoms with Crippen molar-refractivity contribution in [2.75, 3.05) is 13.1 Å². The minimum absolute atomic E-state index is 0.191. The molecule has 2 bridgehead atoms. The van der Waals surface area contributed by atoms with Crippen molar-refractivity contribution in [1.82, 2.24) is 4.90 Å². The van der Waals surface area contributed by atoms with Gasteiger partial charge in [0.25, 0.3) is 0 Å². The summed E-state index contributed by atoms with van der Waals surface area (Å²) >= 11 is 0. The molecule has 2 unspecified atom stereocenters. The van der Waals surface area contributed by atoms with E-state index in [2.05, 4.69) is 47.4 Å². The Kier molecular flexibility index (Phi) is 2.61. The van der Waals surface area contributed by atoms with Crippen LogP contribution in [0.25, 0.3) is 10.8 Å². The summed E-state index contributed by atoms with van der Waals surface area (Å²) in [6.07, 6.45) is 2.12. The molecule has 3 aliphatic rings. The predicted octanol–water partition coefficient (Wildman–Crippen LogP) is 2.97. The third kappa shape index (κ3) is 1.78. The van der Waals surface area contributed by atoms with Crippen LogP contribution in [-0.4, -0.2) is 29.2 Å². The summed E-state index contributed by atoms with van der Waals surface area (Å²) in [6.45, 7) is 2.28. The molecule has 3 heterocycles. The number of aliphatic hydroxyl groups is 1. The van der Waals surface area contributed by atoms with Gasteiger partial charge in [0.05, 0.1) is 12.1 Å². The molecule has 2 aromatic carbocycles. The molecule has 3 saturated heterocycles. The minimum atomic E-state index is -0.191. The van der Waals surface area contributed by atoms with Crippen LogP contribution in [0.1, 0.15) is 24.4 Å². The summed E-state index contributed by atoms with van der Waals surface area (Å²) in [6, 6.07) is 15.3. The SMILES string of the molecule is OC1C2CCN(CC2)C1c1ccc2ccccc2c1. The maximum atomic E-state index is 10.5. The van der Waals surface area contributed by atoms with E-state index in [1.165, 1.54) is 16.3 Å². The Bertz CT molecular complexity index is 599. The number of piperidine rings is 3. The van der Waals surface area contributed by atoms with Gasteiger partial charge in [0.15, 0.2) is 0 Å². The number of hydrogen-bond donors (Lipinski definition) is 1. The van der Waals surface area contributed by atoms with Gasteiger partial charge in [-0.25, -0.2) is 0 Å². The molecule has 2 heteroatoms. The molecule has 3 aliphatic heterocycles. The Hall–Kier alpha value is -1.38. The predicted molar refractivity (Wildman–Crippen MR) is 77.0 cm³/mol. The zero-order valence-corrected chi connectivity index (χ0v) is 11.0. The van der Waals surface area contributed by atoms with Gasteiger partial charge in [0.1, 0.15) is 0 Å². The molecule has 5 rings (SSSR count). The molecule has 0 amide bonds. The van der Waals surface area contributed by atoms with Crippen molar-refractivity contribution in [3.63, 3.8) is 0 Å². The molecule has 0 aromatic heterocycles. The van der Waals surface area contributed by atoms with Crippen molar-refractivity contribution in [3.05, 3.63) is 48.0 Å². The van der Waals surface area contributed by atoms with Crippen LogP contribution in [-0.2, 0) is 0 Å². The first-order chi connectivity index (χ1) is 9.33. The topological polar surface area (TPSA) is 23.5 Å². The molecule has 2 nitrogen and oxygen atoms in total. The maximum absolute atomic E-state index is 10.5. The van der Waals surface area contributed by atoms with E-state index in [1.807, 2.05) is 0 Å². The molecule has 0 saturated carbocycles. The van der Waals surface area contributed by atoms with Gasteiger partial charge in [0, 0.05) is 0 Å². The number of nitrogens with zero attached hydrogens (tertiary/aromatic N) is 1. The highest BCUT2D eigenvalue weighted by Crippen LogP contribution is 2.41. The Morgan fingerprint density at radius 1 is 0.947 bits per heavy atom. The van der Waals surface area contributed by atoms with Gasteiger partial charge < -0.3 is 5.11 Å². The van der Waals surface area contributed by atoms with Gasteiger partial charge in [-0.3, -0.25) is 4.90 Å². The zero-order chi connectivity index (χ0) is 12.8. The fourth-order valence-electron chi connectivity index (χ4n) is 3.81. The number of hydrogen-bond acceptors (Lipinski definition) is 2. The average Bonchev–Trinajstić information content (AvgIpc) is 2.48. The molecule has 0 spiro atoms. The van der Waals surface area contributed by atoms with Crippen LogP contribution in [0.4, 0.5) is 0 Å². The van der Waals surface area contributed by atoms with Gasteiger partial charge >= 0.3 is 0 Å². The van der Waals surface area contributed by atoms with Gasteiger partial charge in [-0.2, -0.15) is 0 Å². The first-order valence-corrected chi connectivity index (χ1v) is 7.24. The summed E-state index contributed by atoms with van der Waals surface area (Å²) in [5.41, 5.74) is 1.27. The minimum Gasteiger partial charge on any atom is -0.391 e. The molecule has 0 radical (unpaired) electrons. The van der Waals surface area contributed by atoms with Crippen LogP contribution in [0.5, 0.6) is 0 Å². The highest BCUT2D eigenvalue weighted by atomic mass is 16.3. The number of fused-ring (bicyclic) bond motifs is 4. The van der Waals surface area contributed by atoms with Crippen molar-refractivity contribution < 1.29 is 5.11 Å². The van der Waals surface area contributed by atoms with Crippen LogP contribution in [0, 0.1) is 5.92 Å². The monoisotopic (exact) mass is 253 g/mol. The third-order valence-electron chi connectivity index (χ3n) is 4.89. The van der Waals surface area contributed by atoms with E-state index in [0.29, 0.717) is 5.92 Å². The summed E-state index contributed by atoms with van der Waals surface area (Å²) in [5, 5.41) is 13.1. The first-order valence-electron chi connectivity index (χ1n) is 7.24. The Labute approximate surface area is 113 Å². The molecular formula is C17H19NO. The van der Waals surface area contributed by atoms with Gasteiger partial charge in [-0.05, 0) is 54.3 Å². The van der Waals surface area contributed by atoms with Gasteiger partial charge in [0.2, 0.25) is 0 Å². The van der Waals surface area contributed by atoms with Gasteiger partial charge in [-0.15, -0.1) is 0 Å². The third-order valence-corrected chi connectivity index (χ3v) is 4.89. The Morgan fingerprint density at radius 2 is 1.68 bits per heavy atom. The molecule has 0 aliphatic carbocycles. The molecule has 2 atom stereocenters. The lowest BCUT2D eigenvalue weighted by atomic mass is 9.78. The van der Waals surface area contributed by atoms with Crippen molar-refractivity contribution in [2.45, 2.75) is 25.0 Å². The molecule has 19 heavy (non-hydrogen) atoms. The maximum Gasteiger partial charge on any atom is 0.0766 e. The fraction of sp³-hybridized carbons (Fsp3) is 0.412. The largest absolute Gasteiger partial charge is 0.391 e. The summed E-state index contributed by atoms with van der Waals surface area (Å²) in [7, 11) is 0. The normalized spacial score (nSPS) is 33.7. The summed E-state index contributed by atoms with van der Waals surface area (Å²) in [5.74, 6) is 0.501. The first kappa shape index (κ1) is 11.4. The number of rotatable bonds is 1. The Morgan fingerprint density at radius 3 is 2.42 bits per heavy atom. The second-order valence-electron chi connectivity index (χ2n) is 5.92. The van der Waals surface area contributed by atoms with E-state index >= 15 is 0 Å². The zero-order valence-electron chi connectivity index (χ0n) is 11.0. The smallest absolute Gasteiger partial charge is 0.0766 e. The van der Waals surface area contributed by atoms with Crippen LogP contribution in [0.2, 0.25) is 0 Å². The van der Waals surface area contributed by atoms with Crippen LogP contribution in [0.3, 0.4) is 0 Å². The quantitative estimate of drug-likeness (QED) is 0.844. The molecule has 1 N–H and O–H groups in total. The highest BCUT2D eigenvalue weighted by molar-refractivity contribution is 5.83. The Balaban J connectivity index is 1.77. The van der Waals surface area contributed by atoms with E-state index in [0.717, 1.165) is 25.9 Å². The lowest BCUT2D eigenvalue weighted by molar-refractivity contribution is -0.0738. The lowest BCUT2D eigenvalue weighted by Crippen LogP contribution is -2.52. The number of benzene rings is 2. The fourth-order valence-corrected chi connectivity index (χ4v) is 3.81. The van der Waals surface area contributed by atoms with E-state index < -0.39 is 0 Å². The lowest BCUT2D eigenvalue weighted by Gasteiger charge is -2.49. The summed E-state index contributed by atoms with van der Waals surface area (Å²) < 4.78 is 0. The van der Waals surface area contributed by atoms with Crippen molar-refractivity contribution >= 4 is 10.8 Å². The van der Waals surface area contributed by atoms with Crippen LogP contribution in [0.15, 0.2) is 42.5 Å². The van der Waals surface area contributed by atoms with Crippen molar-refractivity contribution in [3.8, 4) is 0 Å². The summed E-state index contributed by atoms with van der Waals surface area (Å²) in [4.78, 5) is 2.45. The molecular weight excluding hydrogens is 234 g/mol. The molecule has 98 valence electrons. The van der Waals surface area contributed by atoms with Crippen molar-refractivity contribution in [1.29, 1.82) is 0 Å². The van der Waals surface area contributed by atoms with E-state index in [4.69, 9.17) is 0 Å². The van der Waals surface area contributed by atoms with E-state index in [9.17, 15) is 5.11 Å². The van der Waals surface area contributed by atoms with Gasteiger partial charge in [-0.1, -0.05) is 36.4 Å². The van der Waals surface area contributed by atoms with E-state index in [-0.39, 0.29) is 12.1 Å². The van der Waals surface area contributed by atoms with Crippen LogP contribution >= 0.6 is 0 Å². The average molecular weight is 253 g/mol. The standard InChI is InChI=1S/C17H19NO/c19-17-13-7-9-18(10-8-13)16(17)15-6-5-12-3-1-2-4-14(12)11-15/h1-6,11,13,16-17,19H,7-10H2. The number of aliphatic hydroxyl groups excluding tert-OH is 1. The highest BCUT2D eigenvalue weighted by Gasteiger charge is 2.41. The van der Waals surface area contributed by atoms with Crippen molar-refractivity contribution in [2.24, 2.45) is 5.92 Å².